The smallest absolute Gasteiger partial charge is 0.217 e. The third-order valence-corrected chi connectivity index (χ3v) is 3.37. The molecule has 1 aromatic rings. The Hall–Kier alpha value is -1.58. The van der Waals surface area contributed by atoms with Gasteiger partial charge in [0.2, 0.25) is 5.91 Å². The van der Waals surface area contributed by atoms with Gasteiger partial charge < -0.3 is 10.6 Å². The van der Waals surface area contributed by atoms with Crippen LogP contribution in [0.3, 0.4) is 0 Å². The number of carbonyl (C=O) groups is 1. The fourth-order valence-corrected chi connectivity index (χ4v) is 2.47. The first kappa shape index (κ1) is 12.9. The van der Waals surface area contributed by atoms with Crippen molar-refractivity contribution in [3.63, 3.8) is 0 Å². The number of carbonyl (C=O) groups excluding carboxylic acids is 1. The summed E-state index contributed by atoms with van der Waals surface area (Å²) in [4.78, 5) is 11.0. The Morgan fingerprint density at radius 1 is 1.17 bits per heavy atom. The molecule has 98 valence electrons. The van der Waals surface area contributed by atoms with E-state index >= 15 is 0 Å². The lowest BCUT2D eigenvalue weighted by Gasteiger charge is -2.30. The van der Waals surface area contributed by atoms with Crippen LogP contribution in [-0.2, 0) is 4.79 Å². The lowest BCUT2D eigenvalue weighted by Crippen LogP contribution is -2.39. The van der Waals surface area contributed by atoms with E-state index in [9.17, 15) is 9.18 Å². The minimum Gasteiger partial charge on any atom is -0.380 e. The summed E-state index contributed by atoms with van der Waals surface area (Å²) in [5.74, 6) is -0.179. The predicted molar refractivity (Wildman–Crippen MR) is 69.9 cm³/mol. The number of nitrogens with one attached hydrogen (secondary N) is 2. The minimum atomic E-state index is -0.207. The van der Waals surface area contributed by atoms with Crippen LogP contribution in [0.2, 0.25) is 0 Å². The van der Waals surface area contributed by atoms with Crippen LogP contribution in [0, 0.1) is 5.82 Å². The topological polar surface area (TPSA) is 41.1 Å². The van der Waals surface area contributed by atoms with Gasteiger partial charge in [0, 0.05) is 19.0 Å². The SMILES string of the molecule is CC(=O)NC1CCC(Nc2ccccc2F)CC1. The van der Waals surface area contributed by atoms with Gasteiger partial charge in [-0.25, -0.2) is 4.39 Å². The lowest BCUT2D eigenvalue weighted by molar-refractivity contribution is -0.119. The highest BCUT2D eigenvalue weighted by Gasteiger charge is 2.21. The van der Waals surface area contributed by atoms with Gasteiger partial charge in [-0.15, -0.1) is 0 Å². The monoisotopic (exact) mass is 250 g/mol. The van der Waals surface area contributed by atoms with E-state index in [1.807, 2.05) is 6.07 Å². The molecule has 1 aliphatic rings. The number of benzene rings is 1. The maximum absolute atomic E-state index is 13.5. The molecule has 0 unspecified atom stereocenters. The van der Waals surface area contributed by atoms with Gasteiger partial charge in [-0.1, -0.05) is 12.1 Å². The van der Waals surface area contributed by atoms with Gasteiger partial charge >= 0.3 is 0 Å². The molecule has 1 amide bonds. The van der Waals surface area contributed by atoms with Crippen LogP contribution in [0.4, 0.5) is 10.1 Å². The van der Waals surface area contributed by atoms with Crippen LogP contribution < -0.4 is 10.6 Å². The van der Waals surface area contributed by atoms with Crippen molar-refractivity contribution in [2.24, 2.45) is 0 Å². The number of hydrogen-bond acceptors (Lipinski definition) is 2. The Labute approximate surface area is 107 Å². The molecule has 0 saturated heterocycles. The molecule has 18 heavy (non-hydrogen) atoms. The molecule has 1 aromatic carbocycles. The maximum Gasteiger partial charge on any atom is 0.217 e. The average Bonchev–Trinajstić information content (AvgIpc) is 2.34. The molecule has 0 bridgehead atoms. The van der Waals surface area contributed by atoms with Crippen molar-refractivity contribution in [3.05, 3.63) is 30.1 Å². The van der Waals surface area contributed by atoms with E-state index in [1.54, 1.807) is 19.1 Å². The molecular formula is C14H19FN2O. The fraction of sp³-hybridized carbons (Fsp3) is 0.500. The number of rotatable bonds is 3. The zero-order valence-corrected chi connectivity index (χ0v) is 10.6. The summed E-state index contributed by atoms with van der Waals surface area (Å²) in [6, 6.07) is 7.32. The van der Waals surface area contributed by atoms with Crippen molar-refractivity contribution in [1.29, 1.82) is 0 Å². The summed E-state index contributed by atoms with van der Waals surface area (Å²) >= 11 is 0. The second-order valence-electron chi connectivity index (χ2n) is 4.87. The highest BCUT2D eigenvalue weighted by atomic mass is 19.1. The largest absolute Gasteiger partial charge is 0.380 e. The number of halogens is 1. The normalized spacial score (nSPS) is 23.4. The Balaban J connectivity index is 1.84. The summed E-state index contributed by atoms with van der Waals surface area (Å²) in [6.45, 7) is 1.55. The van der Waals surface area contributed by atoms with Gasteiger partial charge in [0.1, 0.15) is 5.82 Å². The first-order valence-corrected chi connectivity index (χ1v) is 6.43. The number of hydrogen-bond donors (Lipinski definition) is 2. The van der Waals surface area contributed by atoms with Gasteiger partial charge in [-0.2, -0.15) is 0 Å². The predicted octanol–water partition coefficient (Wildman–Crippen LogP) is 2.68. The van der Waals surface area contributed by atoms with Gasteiger partial charge in [-0.3, -0.25) is 4.79 Å². The molecular weight excluding hydrogens is 231 g/mol. The lowest BCUT2D eigenvalue weighted by atomic mass is 9.91. The molecule has 1 fully saturated rings. The van der Waals surface area contributed by atoms with Crippen molar-refractivity contribution in [3.8, 4) is 0 Å². The van der Waals surface area contributed by atoms with Crippen molar-refractivity contribution < 1.29 is 9.18 Å². The summed E-state index contributed by atoms with van der Waals surface area (Å²) in [5, 5.41) is 6.17. The van der Waals surface area contributed by atoms with Crippen molar-refractivity contribution in [2.75, 3.05) is 5.32 Å². The quantitative estimate of drug-likeness (QED) is 0.866. The van der Waals surface area contributed by atoms with Gasteiger partial charge in [0.05, 0.1) is 5.69 Å². The van der Waals surface area contributed by atoms with Crippen LogP contribution in [-0.4, -0.2) is 18.0 Å². The van der Waals surface area contributed by atoms with Crippen molar-refractivity contribution in [2.45, 2.75) is 44.7 Å². The molecule has 2 rings (SSSR count). The summed E-state index contributed by atoms with van der Waals surface area (Å²) in [5.41, 5.74) is 0.570. The van der Waals surface area contributed by atoms with Crippen molar-refractivity contribution in [1.82, 2.24) is 5.32 Å². The molecule has 0 aromatic heterocycles. The zero-order valence-electron chi connectivity index (χ0n) is 10.6. The molecule has 0 aliphatic heterocycles. The summed E-state index contributed by atoms with van der Waals surface area (Å²) in [6.07, 6.45) is 3.82. The van der Waals surface area contributed by atoms with Crippen LogP contribution >= 0.6 is 0 Å². The van der Waals surface area contributed by atoms with Crippen molar-refractivity contribution >= 4 is 11.6 Å². The van der Waals surface area contributed by atoms with E-state index in [2.05, 4.69) is 10.6 Å². The van der Waals surface area contributed by atoms with E-state index in [1.165, 1.54) is 6.07 Å². The molecule has 0 atom stereocenters. The molecule has 1 aliphatic carbocycles. The number of anilines is 1. The zero-order chi connectivity index (χ0) is 13.0. The number of amides is 1. The highest BCUT2D eigenvalue weighted by molar-refractivity contribution is 5.73. The van der Waals surface area contributed by atoms with Gasteiger partial charge in [-0.05, 0) is 37.8 Å². The van der Waals surface area contributed by atoms with E-state index in [0.29, 0.717) is 11.7 Å². The molecule has 1 saturated carbocycles. The summed E-state index contributed by atoms with van der Waals surface area (Å²) < 4.78 is 13.5. The minimum absolute atomic E-state index is 0.0283. The highest BCUT2D eigenvalue weighted by Crippen LogP contribution is 2.23. The maximum atomic E-state index is 13.5. The number of para-hydroxylation sites is 1. The second-order valence-corrected chi connectivity index (χ2v) is 4.87. The van der Waals surface area contributed by atoms with E-state index in [-0.39, 0.29) is 17.8 Å². The van der Waals surface area contributed by atoms with Gasteiger partial charge in [0.25, 0.3) is 0 Å². The van der Waals surface area contributed by atoms with Crippen LogP contribution in [0.15, 0.2) is 24.3 Å². The standard InChI is InChI=1S/C14H19FN2O/c1-10(18)16-11-6-8-12(9-7-11)17-14-5-3-2-4-13(14)15/h2-5,11-12,17H,6-9H2,1H3,(H,16,18). The summed E-state index contributed by atoms with van der Waals surface area (Å²) in [7, 11) is 0. The Bertz CT molecular complexity index is 414. The van der Waals surface area contributed by atoms with Crippen LogP contribution in [0.5, 0.6) is 0 Å². The average molecular weight is 250 g/mol. The Kier molecular flexibility index (Phi) is 4.18. The molecule has 4 heteroatoms. The molecule has 0 radical (unpaired) electrons. The fourth-order valence-electron chi connectivity index (χ4n) is 2.47. The third kappa shape index (κ3) is 3.45. The van der Waals surface area contributed by atoms with Crippen LogP contribution in [0.25, 0.3) is 0 Å². The Morgan fingerprint density at radius 2 is 1.78 bits per heavy atom. The third-order valence-electron chi connectivity index (χ3n) is 3.37. The molecule has 0 heterocycles. The molecule has 2 N–H and O–H groups in total. The van der Waals surface area contributed by atoms with E-state index in [0.717, 1.165) is 25.7 Å². The first-order chi connectivity index (χ1) is 8.65. The van der Waals surface area contributed by atoms with Crippen LogP contribution in [0.1, 0.15) is 32.6 Å². The molecule has 0 spiro atoms. The second kappa shape index (κ2) is 5.85. The Morgan fingerprint density at radius 3 is 2.39 bits per heavy atom. The van der Waals surface area contributed by atoms with E-state index in [4.69, 9.17) is 0 Å². The first-order valence-electron chi connectivity index (χ1n) is 6.43. The van der Waals surface area contributed by atoms with Gasteiger partial charge in [0.15, 0.2) is 0 Å². The van der Waals surface area contributed by atoms with E-state index < -0.39 is 0 Å². The molecule has 3 nitrogen and oxygen atoms in total.